The highest BCUT2D eigenvalue weighted by atomic mass is 16.6. The number of hydrazone groups is 1. The normalized spacial score (nSPS) is 11.0. The van der Waals surface area contributed by atoms with Crippen molar-refractivity contribution in [3.63, 3.8) is 0 Å². The van der Waals surface area contributed by atoms with Crippen LogP contribution in [0, 0.1) is 30.3 Å². The molecule has 0 bridgehead atoms. The molecule has 0 aliphatic rings. The standard InChI is InChI=1S/C19H14N6O6/c20-16-8-6-13(23(26)27)10-15(16)19(12-4-2-1-3-5-12)22-21-17-9-7-14(24(28)29)11-18(17)25(30)31/h1-11,21H,20H2/b22-19-. The van der Waals surface area contributed by atoms with E-state index in [-0.39, 0.29) is 28.3 Å². The van der Waals surface area contributed by atoms with Crippen molar-refractivity contribution >= 4 is 34.1 Å². The van der Waals surface area contributed by atoms with Crippen molar-refractivity contribution in [3.05, 3.63) is 108 Å². The third kappa shape index (κ3) is 4.59. The molecular weight excluding hydrogens is 408 g/mol. The Morgan fingerprint density at radius 3 is 2.03 bits per heavy atom. The second-order valence-electron chi connectivity index (χ2n) is 6.18. The SMILES string of the molecule is Nc1ccc([N+](=O)[O-])cc1/C(=N\Nc1ccc([N+](=O)[O-])cc1[N+](=O)[O-])c1ccccc1. The number of nitro benzene ring substituents is 3. The van der Waals surface area contributed by atoms with E-state index in [0.717, 1.165) is 18.2 Å². The van der Waals surface area contributed by atoms with Crippen molar-refractivity contribution in [3.8, 4) is 0 Å². The lowest BCUT2D eigenvalue weighted by molar-refractivity contribution is -0.393. The Morgan fingerprint density at radius 1 is 0.806 bits per heavy atom. The minimum atomic E-state index is -0.783. The summed E-state index contributed by atoms with van der Waals surface area (Å²) in [4.78, 5) is 31.3. The van der Waals surface area contributed by atoms with Gasteiger partial charge in [0.25, 0.3) is 11.4 Å². The van der Waals surface area contributed by atoms with E-state index < -0.39 is 26.1 Å². The molecule has 3 N–H and O–H groups in total. The van der Waals surface area contributed by atoms with Crippen molar-refractivity contribution in [2.45, 2.75) is 0 Å². The summed E-state index contributed by atoms with van der Waals surface area (Å²) in [5.74, 6) is 0. The van der Waals surface area contributed by atoms with Crippen molar-refractivity contribution in [2.75, 3.05) is 11.2 Å². The van der Waals surface area contributed by atoms with Crippen LogP contribution in [0.4, 0.5) is 28.4 Å². The summed E-state index contributed by atoms with van der Waals surface area (Å²) in [5, 5.41) is 37.7. The highest BCUT2D eigenvalue weighted by Crippen LogP contribution is 2.30. The van der Waals surface area contributed by atoms with Gasteiger partial charge in [0.1, 0.15) is 11.4 Å². The molecule has 0 atom stereocenters. The van der Waals surface area contributed by atoms with Crippen LogP contribution in [0.3, 0.4) is 0 Å². The Morgan fingerprint density at radius 2 is 1.42 bits per heavy atom. The Labute approximate surface area is 174 Å². The maximum atomic E-state index is 11.4. The molecule has 0 spiro atoms. The van der Waals surface area contributed by atoms with E-state index in [1.165, 1.54) is 18.2 Å². The van der Waals surface area contributed by atoms with Gasteiger partial charge >= 0.3 is 5.69 Å². The number of nitrogens with one attached hydrogen (secondary N) is 1. The molecule has 0 unspecified atom stereocenters. The topological polar surface area (TPSA) is 180 Å². The van der Waals surface area contributed by atoms with Gasteiger partial charge in [-0.2, -0.15) is 5.10 Å². The number of nitrogens with zero attached hydrogens (tertiary/aromatic N) is 4. The Hall–Kier alpha value is -4.87. The molecule has 31 heavy (non-hydrogen) atoms. The summed E-state index contributed by atoms with van der Waals surface area (Å²) in [5.41, 5.74) is 8.38. The van der Waals surface area contributed by atoms with Crippen LogP contribution in [-0.4, -0.2) is 20.5 Å². The van der Waals surface area contributed by atoms with Crippen LogP contribution in [0.25, 0.3) is 0 Å². The summed E-state index contributed by atoms with van der Waals surface area (Å²) in [6.07, 6.45) is 0. The first-order chi connectivity index (χ1) is 14.8. The minimum absolute atomic E-state index is 0.104. The first-order valence-corrected chi connectivity index (χ1v) is 8.64. The zero-order valence-corrected chi connectivity index (χ0v) is 15.7. The molecule has 12 nitrogen and oxygen atoms in total. The molecule has 12 heteroatoms. The van der Waals surface area contributed by atoms with Gasteiger partial charge in [-0.15, -0.1) is 0 Å². The van der Waals surface area contributed by atoms with Crippen LogP contribution in [-0.2, 0) is 0 Å². The molecule has 0 amide bonds. The van der Waals surface area contributed by atoms with Gasteiger partial charge in [-0.25, -0.2) is 0 Å². The van der Waals surface area contributed by atoms with E-state index in [4.69, 9.17) is 5.73 Å². The summed E-state index contributed by atoms with van der Waals surface area (Å²) < 4.78 is 0. The Bertz CT molecular complexity index is 1210. The van der Waals surface area contributed by atoms with Crippen LogP contribution in [0.15, 0.2) is 71.8 Å². The first kappa shape index (κ1) is 20.9. The van der Waals surface area contributed by atoms with Crippen LogP contribution >= 0.6 is 0 Å². The number of benzene rings is 3. The second-order valence-corrected chi connectivity index (χ2v) is 6.18. The van der Waals surface area contributed by atoms with Gasteiger partial charge in [0.05, 0.1) is 20.8 Å². The molecule has 0 radical (unpaired) electrons. The number of non-ortho nitro benzene ring substituents is 2. The van der Waals surface area contributed by atoms with Crippen molar-refractivity contribution in [1.82, 2.24) is 0 Å². The third-order valence-electron chi connectivity index (χ3n) is 4.23. The van der Waals surface area contributed by atoms with E-state index in [9.17, 15) is 30.3 Å². The van der Waals surface area contributed by atoms with Gasteiger partial charge in [0.15, 0.2) is 0 Å². The van der Waals surface area contributed by atoms with Crippen LogP contribution in [0.1, 0.15) is 11.1 Å². The molecule has 3 aromatic carbocycles. The fourth-order valence-electron chi connectivity index (χ4n) is 2.73. The molecule has 0 aromatic heterocycles. The maximum Gasteiger partial charge on any atom is 0.301 e. The fourth-order valence-corrected chi connectivity index (χ4v) is 2.73. The van der Waals surface area contributed by atoms with Crippen molar-refractivity contribution < 1.29 is 14.8 Å². The molecule has 156 valence electrons. The monoisotopic (exact) mass is 422 g/mol. The maximum absolute atomic E-state index is 11.4. The predicted octanol–water partition coefficient (Wildman–Crippen LogP) is 3.86. The van der Waals surface area contributed by atoms with E-state index in [2.05, 4.69) is 10.5 Å². The predicted molar refractivity (Wildman–Crippen MR) is 113 cm³/mol. The molecule has 3 rings (SSSR count). The number of nitro groups is 3. The molecule has 0 heterocycles. The Balaban J connectivity index is 2.13. The van der Waals surface area contributed by atoms with Crippen LogP contribution in [0.5, 0.6) is 0 Å². The number of anilines is 2. The molecule has 0 aliphatic carbocycles. The molecule has 0 aliphatic heterocycles. The number of hydrogen-bond acceptors (Lipinski definition) is 9. The average molecular weight is 422 g/mol. The summed E-state index contributed by atoms with van der Waals surface area (Å²) in [6.45, 7) is 0. The number of nitrogens with two attached hydrogens (primary N) is 1. The number of hydrogen-bond donors (Lipinski definition) is 2. The minimum Gasteiger partial charge on any atom is -0.398 e. The molecular formula is C19H14N6O6. The largest absolute Gasteiger partial charge is 0.398 e. The van der Waals surface area contributed by atoms with Gasteiger partial charge in [0, 0.05) is 35.0 Å². The highest BCUT2D eigenvalue weighted by molar-refractivity contribution is 6.16. The number of rotatable bonds is 7. The summed E-state index contributed by atoms with van der Waals surface area (Å²) in [7, 11) is 0. The third-order valence-corrected chi connectivity index (χ3v) is 4.23. The quantitative estimate of drug-likeness (QED) is 0.249. The second kappa shape index (κ2) is 8.65. The summed E-state index contributed by atoms with van der Waals surface area (Å²) >= 11 is 0. The first-order valence-electron chi connectivity index (χ1n) is 8.64. The van der Waals surface area contributed by atoms with Gasteiger partial charge in [-0.3, -0.25) is 35.8 Å². The fraction of sp³-hybridized carbons (Fsp3) is 0. The van der Waals surface area contributed by atoms with Gasteiger partial charge in [0.2, 0.25) is 0 Å². The molecule has 3 aromatic rings. The average Bonchev–Trinajstić information content (AvgIpc) is 2.75. The van der Waals surface area contributed by atoms with Gasteiger partial charge < -0.3 is 5.73 Å². The van der Waals surface area contributed by atoms with Gasteiger partial charge in [-0.05, 0) is 12.1 Å². The zero-order chi connectivity index (χ0) is 22.5. The molecule has 0 saturated heterocycles. The highest BCUT2D eigenvalue weighted by Gasteiger charge is 2.20. The van der Waals surface area contributed by atoms with E-state index in [1.54, 1.807) is 30.3 Å². The Kier molecular flexibility index (Phi) is 5.82. The van der Waals surface area contributed by atoms with E-state index >= 15 is 0 Å². The van der Waals surface area contributed by atoms with Crippen molar-refractivity contribution in [2.24, 2.45) is 5.10 Å². The lowest BCUT2D eigenvalue weighted by Crippen LogP contribution is -2.10. The van der Waals surface area contributed by atoms with E-state index in [0.29, 0.717) is 5.56 Å². The van der Waals surface area contributed by atoms with Crippen LogP contribution < -0.4 is 11.2 Å². The summed E-state index contributed by atoms with van der Waals surface area (Å²) in [6, 6.07) is 15.5. The zero-order valence-electron chi connectivity index (χ0n) is 15.7. The van der Waals surface area contributed by atoms with Gasteiger partial charge in [-0.1, -0.05) is 30.3 Å². The number of nitrogen functional groups attached to an aromatic ring is 1. The molecule has 0 saturated carbocycles. The van der Waals surface area contributed by atoms with Crippen molar-refractivity contribution in [1.29, 1.82) is 0 Å². The lowest BCUT2D eigenvalue weighted by Gasteiger charge is -2.11. The molecule has 0 fully saturated rings. The lowest BCUT2D eigenvalue weighted by atomic mass is 10.0. The van der Waals surface area contributed by atoms with E-state index in [1.807, 2.05) is 0 Å². The van der Waals surface area contributed by atoms with Crippen LogP contribution in [0.2, 0.25) is 0 Å². The smallest absolute Gasteiger partial charge is 0.301 e.